The minimum Gasteiger partial charge on any atom is -0.324 e. The standard InChI is InChI=1S/C11H8Cl2N2O/c1-6(16)15-9-3-2-7(12)10-8(13)4-5-14-11(9)10/h2-5H,1H3,(H,15,16). The number of carbonyl (C=O) groups is 1. The van der Waals surface area contributed by atoms with Crippen LogP contribution >= 0.6 is 23.2 Å². The molecule has 0 unspecified atom stereocenters. The Morgan fingerprint density at radius 1 is 1.25 bits per heavy atom. The maximum absolute atomic E-state index is 11.0. The molecule has 1 heterocycles. The summed E-state index contributed by atoms with van der Waals surface area (Å²) in [6.45, 7) is 1.44. The molecule has 0 radical (unpaired) electrons. The molecule has 3 nitrogen and oxygen atoms in total. The highest BCUT2D eigenvalue weighted by atomic mass is 35.5. The van der Waals surface area contributed by atoms with Gasteiger partial charge >= 0.3 is 0 Å². The fourth-order valence-corrected chi connectivity index (χ4v) is 2.03. The quantitative estimate of drug-likeness (QED) is 0.847. The van der Waals surface area contributed by atoms with Crippen molar-refractivity contribution >= 4 is 45.7 Å². The summed E-state index contributed by atoms with van der Waals surface area (Å²) in [5, 5.41) is 4.37. The zero-order valence-electron chi connectivity index (χ0n) is 8.42. The molecular weight excluding hydrogens is 247 g/mol. The van der Waals surface area contributed by atoms with Gasteiger partial charge in [-0.1, -0.05) is 23.2 Å². The first-order valence-corrected chi connectivity index (χ1v) is 5.35. The Labute approximate surface area is 102 Å². The zero-order chi connectivity index (χ0) is 11.7. The number of amides is 1. The first-order chi connectivity index (χ1) is 7.59. The number of benzene rings is 1. The number of nitrogens with zero attached hydrogens (tertiary/aromatic N) is 1. The first kappa shape index (κ1) is 11.2. The Hall–Kier alpha value is -1.32. The molecule has 16 heavy (non-hydrogen) atoms. The number of aromatic nitrogens is 1. The average molecular weight is 255 g/mol. The largest absolute Gasteiger partial charge is 0.324 e. The molecule has 0 fully saturated rings. The van der Waals surface area contributed by atoms with Crippen LogP contribution in [-0.4, -0.2) is 10.9 Å². The van der Waals surface area contributed by atoms with Gasteiger partial charge in [0, 0.05) is 18.5 Å². The van der Waals surface area contributed by atoms with Crippen molar-refractivity contribution in [2.45, 2.75) is 6.92 Å². The number of halogens is 2. The average Bonchev–Trinajstić information content (AvgIpc) is 2.22. The highest BCUT2D eigenvalue weighted by Crippen LogP contribution is 2.33. The van der Waals surface area contributed by atoms with Gasteiger partial charge in [-0.15, -0.1) is 0 Å². The number of nitrogens with one attached hydrogen (secondary N) is 1. The summed E-state index contributed by atoms with van der Waals surface area (Å²) in [7, 11) is 0. The molecule has 0 aliphatic rings. The lowest BCUT2D eigenvalue weighted by molar-refractivity contribution is -0.114. The first-order valence-electron chi connectivity index (χ1n) is 4.60. The molecule has 0 bridgehead atoms. The summed E-state index contributed by atoms with van der Waals surface area (Å²) in [4.78, 5) is 15.2. The molecule has 1 N–H and O–H groups in total. The van der Waals surface area contributed by atoms with Crippen molar-refractivity contribution in [1.29, 1.82) is 0 Å². The summed E-state index contributed by atoms with van der Waals surface area (Å²) in [6.07, 6.45) is 1.58. The van der Waals surface area contributed by atoms with Crippen molar-refractivity contribution in [2.24, 2.45) is 0 Å². The Balaban J connectivity index is 2.74. The lowest BCUT2D eigenvalue weighted by Gasteiger charge is -2.08. The van der Waals surface area contributed by atoms with E-state index in [-0.39, 0.29) is 5.91 Å². The molecule has 0 saturated heterocycles. The van der Waals surface area contributed by atoms with Gasteiger partial charge in [-0.25, -0.2) is 0 Å². The van der Waals surface area contributed by atoms with E-state index in [0.29, 0.717) is 26.6 Å². The fourth-order valence-electron chi connectivity index (χ4n) is 1.48. The van der Waals surface area contributed by atoms with Crippen LogP contribution < -0.4 is 5.32 Å². The highest BCUT2D eigenvalue weighted by Gasteiger charge is 2.09. The van der Waals surface area contributed by atoms with E-state index in [1.165, 1.54) is 6.92 Å². The van der Waals surface area contributed by atoms with E-state index in [0.717, 1.165) is 0 Å². The van der Waals surface area contributed by atoms with Crippen LogP contribution in [0.4, 0.5) is 5.69 Å². The summed E-state index contributed by atoms with van der Waals surface area (Å²) < 4.78 is 0. The smallest absolute Gasteiger partial charge is 0.221 e. The van der Waals surface area contributed by atoms with Gasteiger partial charge in [0.1, 0.15) is 0 Å². The minimum absolute atomic E-state index is 0.162. The van der Waals surface area contributed by atoms with Gasteiger partial charge in [-0.2, -0.15) is 0 Å². The van der Waals surface area contributed by atoms with Crippen LogP contribution in [0.3, 0.4) is 0 Å². The molecule has 0 saturated carbocycles. The highest BCUT2D eigenvalue weighted by molar-refractivity contribution is 6.42. The second-order valence-corrected chi connectivity index (χ2v) is 4.11. The van der Waals surface area contributed by atoms with Crippen LogP contribution in [0, 0.1) is 0 Å². The van der Waals surface area contributed by atoms with Crippen LogP contribution in [0.2, 0.25) is 10.0 Å². The van der Waals surface area contributed by atoms with Crippen molar-refractivity contribution in [3.63, 3.8) is 0 Å². The van der Waals surface area contributed by atoms with E-state index >= 15 is 0 Å². The van der Waals surface area contributed by atoms with Gasteiger partial charge < -0.3 is 5.32 Å². The number of pyridine rings is 1. The normalized spacial score (nSPS) is 10.4. The van der Waals surface area contributed by atoms with E-state index in [1.54, 1.807) is 24.4 Å². The van der Waals surface area contributed by atoms with Crippen molar-refractivity contribution in [3.8, 4) is 0 Å². The molecular formula is C11H8Cl2N2O. The molecule has 0 aliphatic heterocycles. The number of rotatable bonds is 1. The SMILES string of the molecule is CC(=O)Nc1ccc(Cl)c2c(Cl)ccnc12. The van der Waals surface area contributed by atoms with Gasteiger partial charge in [0.05, 0.1) is 21.2 Å². The summed E-state index contributed by atoms with van der Waals surface area (Å²) in [5.74, 6) is -0.162. The maximum Gasteiger partial charge on any atom is 0.221 e. The van der Waals surface area contributed by atoms with Gasteiger partial charge in [0.25, 0.3) is 0 Å². The maximum atomic E-state index is 11.0. The molecule has 0 aliphatic carbocycles. The van der Waals surface area contributed by atoms with Crippen LogP contribution in [-0.2, 0) is 4.79 Å². The Morgan fingerprint density at radius 3 is 2.62 bits per heavy atom. The van der Waals surface area contributed by atoms with E-state index < -0.39 is 0 Å². The minimum atomic E-state index is -0.162. The molecule has 2 aromatic rings. The number of hydrogen-bond donors (Lipinski definition) is 1. The lowest BCUT2D eigenvalue weighted by Crippen LogP contribution is -2.06. The molecule has 1 aromatic carbocycles. The predicted molar refractivity (Wildman–Crippen MR) is 66.1 cm³/mol. The number of fused-ring (bicyclic) bond motifs is 1. The van der Waals surface area contributed by atoms with E-state index in [9.17, 15) is 4.79 Å². The summed E-state index contributed by atoms with van der Waals surface area (Å²) in [6, 6.07) is 5.05. The Bertz CT molecular complexity index is 561. The summed E-state index contributed by atoms with van der Waals surface area (Å²) in [5.41, 5.74) is 1.20. The van der Waals surface area contributed by atoms with Crippen LogP contribution in [0.25, 0.3) is 10.9 Å². The second kappa shape index (κ2) is 4.28. The molecule has 2 rings (SSSR count). The van der Waals surface area contributed by atoms with Crippen LogP contribution in [0.5, 0.6) is 0 Å². The van der Waals surface area contributed by atoms with Crippen molar-refractivity contribution < 1.29 is 4.79 Å². The molecule has 0 atom stereocenters. The third-order valence-corrected chi connectivity index (χ3v) is 2.73. The fraction of sp³-hybridized carbons (Fsp3) is 0.0909. The van der Waals surface area contributed by atoms with Gasteiger partial charge in [-0.05, 0) is 18.2 Å². The third-order valence-electron chi connectivity index (χ3n) is 2.10. The van der Waals surface area contributed by atoms with E-state index in [1.807, 2.05) is 0 Å². The van der Waals surface area contributed by atoms with Gasteiger partial charge in [0.15, 0.2) is 0 Å². The van der Waals surface area contributed by atoms with Crippen molar-refractivity contribution in [3.05, 3.63) is 34.4 Å². The van der Waals surface area contributed by atoms with Crippen LogP contribution in [0.1, 0.15) is 6.92 Å². The van der Waals surface area contributed by atoms with Crippen LogP contribution in [0.15, 0.2) is 24.4 Å². The van der Waals surface area contributed by atoms with Crippen molar-refractivity contribution in [1.82, 2.24) is 4.98 Å². The number of carbonyl (C=O) groups excluding carboxylic acids is 1. The molecule has 1 aromatic heterocycles. The van der Waals surface area contributed by atoms with Gasteiger partial charge in [-0.3, -0.25) is 9.78 Å². The van der Waals surface area contributed by atoms with Gasteiger partial charge in [0.2, 0.25) is 5.91 Å². The Morgan fingerprint density at radius 2 is 1.94 bits per heavy atom. The van der Waals surface area contributed by atoms with E-state index in [2.05, 4.69) is 10.3 Å². The number of anilines is 1. The topological polar surface area (TPSA) is 42.0 Å². The molecule has 0 spiro atoms. The number of hydrogen-bond acceptors (Lipinski definition) is 2. The third kappa shape index (κ3) is 1.96. The van der Waals surface area contributed by atoms with Crippen molar-refractivity contribution in [2.75, 3.05) is 5.32 Å². The molecule has 82 valence electrons. The van der Waals surface area contributed by atoms with E-state index in [4.69, 9.17) is 23.2 Å². The second-order valence-electron chi connectivity index (χ2n) is 3.29. The molecule has 5 heteroatoms. The lowest BCUT2D eigenvalue weighted by atomic mass is 10.2. The summed E-state index contributed by atoms with van der Waals surface area (Å²) >= 11 is 12.1. The molecule has 1 amide bonds. The monoisotopic (exact) mass is 254 g/mol. The predicted octanol–water partition coefficient (Wildman–Crippen LogP) is 3.50. The Kier molecular flexibility index (Phi) is 2.99. The zero-order valence-corrected chi connectivity index (χ0v) is 9.93.